The number of ether oxygens (including phenoxy) is 2. The SMILES string of the molecule is COc1cc(C)c(C(Cl)c2ccc(Cl)cc2F)cc1OC. The molecular formula is C16H15Cl2FO2. The third-order valence-electron chi connectivity index (χ3n) is 3.28. The molecule has 0 aliphatic heterocycles. The van der Waals surface area contributed by atoms with Gasteiger partial charge in [0.2, 0.25) is 0 Å². The molecule has 0 heterocycles. The van der Waals surface area contributed by atoms with Crippen LogP contribution in [0.4, 0.5) is 4.39 Å². The van der Waals surface area contributed by atoms with Gasteiger partial charge in [-0.3, -0.25) is 0 Å². The van der Waals surface area contributed by atoms with Crippen molar-refractivity contribution in [2.24, 2.45) is 0 Å². The summed E-state index contributed by atoms with van der Waals surface area (Å²) in [6.45, 7) is 1.89. The number of aryl methyl sites for hydroxylation is 1. The molecule has 0 aliphatic carbocycles. The molecule has 0 bridgehead atoms. The van der Waals surface area contributed by atoms with Gasteiger partial charge in [0.1, 0.15) is 5.82 Å². The highest BCUT2D eigenvalue weighted by Crippen LogP contribution is 2.39. The standard InChI is InChI=1S/C16H15Cl2FO2/c1-9-6-14(20-2)15(21-3)8-12(9)16(18)11-5-4-10(17)7-13(11)19/h4-8,16H,1-3H3. The number of alkyl halides is 1. The van der Waals surface area contributed by atoms with Crippen molar-refractivity contribution < 1.29 is 13.9 Å². The van der Waals surface area contributed by atoms with Crippen molar-refractivity contribution >= 4 is 23.2 Å². The molecule has 2 aromatic carbocycles. The Morgan fingerprint density at radius 3 is 2.19 bits per heavy atom. The van der Waals surface area contributed by atoms with E-state index >= 15 is 0 Å². The Morgan fingerprint density at radius 1 is 1.00 bits per heavy atom. The molecule has 0 N–H and O–H groups in total. The highest BCUT2D eigenvalue weighted by atomic mass is 35.5. The molecule has 2 aromatic rings. The van der Waals surface area contributed by atoms with Gasteiger partial charge in [0.15, 0.2) is 11.5 Å². The van der Waals surface area contributed by atoms with Crippen LogP contribution in [-0.4, -0.2) is 14.2 Å². The van der Waals surface area contributed by atoms with E-state index in [0.29, 0.717) is 22.1 Å². The number of hydrogen-bond donors (Lipinski definition) is 0. The summed E-state index contributed by atoms with van der Waals surface area (Å²) in [4.78, 5) is 0. The van der Waals surface area contributed by atoms with E-state index in [2.05, 4.69) is 0 Å². The van der Waals surface area contributed by atoms with Gasteiger partial charge in [-0.2, -0.15) is 0 Å². The van der Waals surface area contributed by atoms with Crippen LogP contribution in [0, 0.1) is 12.7 Å². The van der Waals surface area contributed by atoms with Crippen LogP contribution in [0.15, 0.2) is 30.3 Å². The molecule has 0 saturated heterocycles. The third kappa shape index (κ3) is 3.25. The average Bonchev–Trinajstić information content (AvgIpc) is 2.46. The van der Waals surface area contributed by atoms with Crippen LogP contribution in [0.2, 0.25) is 5.02 Å². The quantitative estimate of drug-likeness (QED) is 0.724. The predicted octanol–water partition coefficient (Wildman–Crippen LogP) is 5.13. The number of rotatable bonds is 4. The van der Waals surface area contributed by atoms with E-state index in [1.165, 1.54) is 6.07 Å². The lowest BCUT2D eigenvalue weighted by molar-refractivity contribution is 0.354. The largest absolute Gasteiger partial charge is 0.493 e. The number of hydrogen-bond acceptors (Lipinski definition) is 2. The molecule has 0 aromatic heterocycles. The highest BCUT2D eigenvalue weighted by Gasteiger charge is 2.20. The summed E-state index contributed by atoms with van der Waals surface area (Å²) < 4.78 is 24.5. The second-order valence-corrected chi connectivity index (χ2v) is 5.47. The van der Waals surface area contributed by atoms with Crippen LogP contribution in [0.25, 0.3) is 0 Å². The van der Waals surface area contributed by atoms with Gasteiger partial charge in [-0.05, 0) is 42.3 Å². The first kappa shape index (κ1) is 15.9. The zero-order chi connectivity index (χ0) is 15.6. The molecule has 0 fully saturated rings. The van der Waals surface area contributed by atoms with Crippen LogP contribution in [-0.2, 0) is 0 Å². The van der Waals surface area contributed by atoms with Gasteiger partial charge >= 0.3 is 0 Å². The Bertz CT molecular complexity index is 659. The molecule has 0 saturated carbocycles. The van der Waals surface area contributed by atoms with Gasteiger partial charge in [-0.1, -0.05) is 17.7 Å². The van der Waals surface area contributed by atoms with Gasteiger partial charge in [0.05, 0.1) is 19.6 Å². The summed E-state index contributed by atoms with van der Waals surface area (Å²) in [7, 11) is 3.11. The van der Waals surface area contributed by atoms with E-state index in [1.807, 2.05) is 13.0 Å². The maximum atomic E-state index is 14.0. The van der Waals surface area contributed by atoms with Crippen molar-refractivity contribution in [3.8, 4) is 11.5 Å². The summed E-state index contributed by atoms with van der Waals surface area (Å²) in [5.74, 6) is 0.731. The van der Waals surface area contributed by atoms with Crippen LogP contribution >= 0.6 is 23.2 Å². The first-order valence-electron chi connectivity index (χ1n) is 6.29. The van der Waals surface area contributed by atoms with E-state index < -0.39 is 11.2 Å². The van der Waals surface area contributed by atoms with Gasteiger partial charge in [0.25, 0.3) is 0 Å². The predicted molar refractivity (Wildman–Crippen MR) is 83.4 cm³/mol. The average molecular weight is 329 g/mol. The molecule has 1 unspecified atom stereocenters. The molecule has 112 valence electrons. The van der Waals surface area contributed by atoms with Gasteiger partial charge < -0.3 is 9.47 Å². The van der Waals surface area contributed by atoms with Crippen molar-refractivity contribution in [2.75, 3.05) is 14.2 Å². The molecule has 2 rings (SSSR count). The second kappa shape index (κ2) is 6.54. The molecule has 0 amide bonds. The summed E-state index contributed by atoms with van der Waals surface area (Å²) in [6, 6.07) is 8.04. The lowest BCUT2D eigenvalue weighted by Crippen LogP contribution is -2.01. The first-order chi connectivity index (χ1) is 9.97. The summed E-state index contributed by atoms with van der Waals surface area (Å²) in [5.41, 5.74) is 2.02. The highest BCUT2D eigenvalue weighted by molar-refractivity contribution is 6.30. The summed E-state index contributed by atoms with van der Waals surface area (Å²) in [5, 5.41) is -0.300. The van der Waals surface area contributed by atoms with Gasteiger partial charge in [0, 0.05) is 10.6 Å². The molecule has 21 heavy (non-hydrogen) atoms. The lowest BCUT2D eigenvalue weighted by Gasteiger charge is -2.17. The second-order valence-electron chi connectivity index (χ2n) is 4.59. The minimum atomic E-state index is -0.637. The lowest BCUT2D eigenvalue weighted by atomic mass is 9.99. The summed E-state index contributed by atoms with van der Waals surface area (Å²) in [6.07, 6.45) is 0. The Kier molecular flexibility index (Phi) is 4.96. The number of methoxy groups -OCH3 is 2. The maximum absolute atomic E-state index is 14.0. The van der Waals surface area contributed by atoms with Gasteiger partial charge in [-0.15, -0.1) is 11.6 Å². The number of benzene rings is 2. The third-order valence-corrected chi connectivity index (χ3v) is 3.99. The molecule has 0 aliphatic rings. The van der Waals surface area contributed by atoms with Gasteiger partial charge in [-0.25, -0.2) is 4.39 Å². The van der Waals surface area contributed by atoms with E-state index in [0.717, 1.165) is 11.1 Å². The van der Waals surface area contributed by atoms with E-state index in [1.54, 1.807) is 32.4 Å². The Morgan fingerprint density at radius 2 is 1.62 bits per heavy atom. The fourth-order valence-corrected chi connectivity index (χ4v) is 2.71. The van der Waals surface area contributed by atoms with E-state index in [-0.39, 0.29) is 0 Å². The van der Waals surface area contributed by atoms with E-state index in [4.69, 9.17) is 32.7 Å². The Balaban J connectivity index is 2.50. The van der Waals surface area contributed by atoms with Crippen LogP contribution in [0.3, 0.4) is 0 Å². The van der Waals surface area contributed by atoms with Crippen molar-refractivity contribution in [1.29, 1.82) is 0 Å². The van der Waals surface area contributed by atoms with Crippen LogP contribution in [0.5, 0.6) is 11.5 Å². The minimum Gasteiger partial charge on any atom is -0.493 e. The smallest absolute Gasteiger partial charge is 0.161 e. The normalized spacial score (nSPS) is 12.1. The molecule has 0 spiro atoms. The first-order valence-corrected chi connectivity index (χ1v) is 7.11. The molecule has 2 nitrogen and oxygen atoms in total. The minimum absolute atomic E-state index is 0.337. The Labute approximate surface area is 133 Å². The topological polar surface area (TPSA) is 18.5 Å². The fraction of sp³-hybridized carbons (Fsp3) is 0.250. The molecule has 0 radical (unpaired) electrons. The fourth-order valence-electron chi connectivity index (χ4n) is 2.14. The van der Waals surface area contributed by atoms with Crippen LogP contribution in [0.1, 0.15) is 22.1 Å². The monoisotopic (exact) mass is 328 g/mol. The maximum Gasteiger partial charge on any atom is 0.161 e. The van der Waals surface area contributed by atoms with Crippen molar-refractivity contribution in [3.05, 3.63) is 57.9 Å². The van der Waals surface area contributed by atoms with Crippen molar-refractivity contribution in [3.63, 3.8) is 0 Å². The van der Waals surface area contributed by atoms with E-state index in [9.17, 15) is 4.39 Å². The van der Waals surface area contributed by atoms with Crippen molar-refractivity contribution in [2.45, 2.75) is 12.3 Å². The van der Waals surface area contributed by atoms with Crippen molar-refractivity contribution in [1.82, 2.24) is 0 Å². The number of halogens is 3. The zero-order valence-corrected chi connectivity index (χ0v) is 13.4. The molecule has 5 heteroatoms. The zero-order valence-electron chi connectivity index (χ0n) is 11.9. The summed E-state index contributed by atoms with van der Waals surface area (Å²) >= 11 is 12.2. The molecule has 1 atom stereocenters. The Hall–Kier alpha value is -1.45. The van der Waals surface area contributed by atoms with Crippen LogP contribution < -0.4 is 9.47 Å². The molecular weight excluding hydrogens is 314 g/mol.